The number of carbonyl (C=O) groups is 1. The first-order chi connectivity index (χ1) is 9.70. The first-order valence-electron chi connectivity index (χ1n) is 6.35. The second-order valence-electron chi connectivity index (χ2n) is 4.32. The maximum absolute atomic E-state index is 11.8. The molecule has 1 aromatic heterocycles. The molecule has 0 saturated carbocycles. The lowest BCUT2D eigenvalue weighted by molar-refractivity contribution is -0.117. The van der Waals surface area contributed by atoms with Crippen LogP contribution in [-0.2, 0) is 4.79 Å². The van der Waals surface area contributed by atoms with Crippen LogP contribution in [0, 0.1) is 0 Å². The molecule has 0 aliphatic rings. The quantitative estimate of drug-likeness (QED) is 0.850. The van der Waals surface area contributed by atoms with Gasteiger partial charge >= 0.3 is 0 Å². The molecule has 4 heteroatoms. The molecule has 4 nitrogen and oxygen atoms in total. The summed E-state index contributed by atoms with van der Waals surface area (Å²) in [6, 6.07) is 11.0. The predicted molar refractivity (Wildman–Crippen MR) is 77.3 cm³/mol. The van der Waals surface area contributed by atoms with Gasteiger partial charge in [-0.25, -0.2) is 0 Å². The van der Waals surface area contributed by atoms with Gasteiger partial charge in [-0.15, -0.1) is 0 Å². The van der Waals surface area contributed by atoms with Gasteiger partial charge in [0.15, 0.2) is 0 Å². The van der Waals surface area contributed by atoms with E-state index in [1.165, 1.54) is 6.08 Å². The molecule has 0 spiro atoms. The molecule has 20 heavy (non-hydrogen) atoms. The zero-order valence-electron chi connectivity index (χ0n) is 11.5. The van der Waals surface area contributed by atoms with E-state index in [0.717, 1.165) is 11.3 Å². The summed E-state index contributed by atoms with van der Waals surface area (Å²) < 4.78 is 10.4. The molecule has 1 heterocycles. The number of hydrogen-bond acceptors (Lipinski definition) is 3. The molecule has 0 bridgehead atoms. The summed E-state index contributed by atoms with van der Waals surface area (Å²) in [6.45, 7) is 1.91. The standard InChI is InChI=1S/C16H17NO3/c1-12(14-7-3-4-8-15(14)19-2)17-16(18)10-9-13-6-5-11-20-13/h3-12H,1-2H3,(H,17,18)/b10-9+/t12-/m0/s1. The van der Waals surface area contributed by atoms with Crippen LogP contribution in [0.1, 0.15) is 24.3 Å². The van der Waals surface area contributed by atoms with Crippen molar-refractivity contribution in [3.05, 3.63) is 60.1 Å². The van der Waals surface area contributed by atoms with Crippen molar-refractivity contribution in [1.29, 1.82) is 0 Å². The molecule has 1 amide bonds. The molecule has 1 N–H and O–H groups in total. The van der Waals surface area contributed by atoms with Crippen molar-refractivity contribution in [3.63, 3.8) is 0 Å². The number of ether oxygens (including phenoxy) is 1. The lowest BCUT2D eigenvalue weighted by Crippen LogP contribution is -2.24. The van der Waals surface area contributed by atoms with Gasteiger partial charge in [-0.05, 0) is 31.2 Å². The van der Waals surface area contributed by atoms with Crippen LogP contribution in [0.4, 0.5) is 0 Å². The lowest BCUT2D eigenvalue weighted by atomic mass is 10.1. The van der Waals surface area contributed by atoms with Crippen molar-refractivity contribution in [2.45, 2.75) is 13.0 Å². The Morgan fingerprint density at radius 2 is 2.10 bits per heavy atom. The van der Waals surface area contributed by atoms with E-state index in [-0.39, 0.29) is 11.9 Å². The maximum atomic E-state index is 11.8. The van der Waals surface area contributed by atoms with Crippen LogP contribution in [0.2, 0.25) is 0 Å². The molecule has 104 valence electrons. The molecule has 0 aliphatic carbocycles. The monoisotopic (exact) mass is 271 g/mol. The number of nitrogens with one attached hydrogen (secondary N) is 1. The van der Waals surface area contributed by atoms with Crippen molar-refractivity contribution in [2.75, 3.05) is 7.11 Å². The Kier molecular flexibility index (Phi) is 4.60. The van der Waals surface area contributed by atoms with E-state index >= 15 is 0 Å². The predicted octanol–water partition coefficient (Wildman–Crippen LogP) is 3.18. The molecule has 1 atom stereocenters. The molecule has 2 rings (SSSR count). The average molecular weight is 271 g/mol. The largest absolute Gasteiger partial charge is 0.496 e. The Morgan fingerprint density at radius 3 is 2.80 bits per heavy atom. The third-order valence-electron chi connectivity index (χ3n) is 2.91. The highest BCUT2D eigenvalue weighted by Crippen LogP contribution is 2.24. The third-order valence-corrected chi connectivity index (χ3v) is 2.91. The van der Waals surface area contributed by atoms with E-state index in [1.54, 1.807) is 31.6 Å². The number of carbonyl (C=O) groups excluding carboxylic acids is 1. The van der Waals surface area contributed by atoms with Gasteiger partial charge < -0.3 is 14.5 Å². The zero-order chi connectivity index (χ0) is 14.4. The number of benzene rings is 1. The summed E-state index contributed by atoms with van der Waals surface area (Å²) in [5.74, 6) is 1.22. The smallest absolute Gasteiger partial charge is 0.244 e. The normalized spacial score (nSPS) is 12.3. The number of furan rings is 1. The van der Waals surface area contributed by atoms with Crippen LogP contribution in [0.15, 0.2) is 53.2 Å². The van der Waals surface area contributed by atoms with E-state index in [0.29, 0.717) is 5.76 Å². The number of amides is 1. The van der Waals surface area contributed by atoms with E-state index in [1.807, 2.05) is 31.2 Å². The number of hydrogen-bond donors (Lipinski definition) is 1. The van der Waals surface area contributed by atoms with Crippen LogP contribution in [0.3, 0.4) is 0 Å². The fourth-order valence-corrected chi connectivity index (χ4v) is 1.91. The molecule has 0 saturated heterocycles. The van der Waals surface area contributed by atoms with Crippen molar-refractivity contribution < 1.29 is 13.9 Å². The first-order valence-corrected chi connectivity index (χ1v) is 6.35. The number of para-hydroxylation sites is 1. The summed E-state index contributed by atoms with van der Waals surface area (Å²) >= 11 is 0. The van der Waals surface area contributed by atoms with Gasteiger partial charge in [0.05, 0.1) is 19.4 Å². The summed E-state index contributed by atoms with van der Waals surface area (Å²) in [5.41, 5.74) is 0.940. The Hall–Kier alpha value is -2.49. The fraction of sp³-hybridized carbons (Fsp3) is 0.188. The second-order valence-corrected chi connectivity index (χ2v) is 4.32. The molecule has 0 fully saturated rings. The SMILES string of the molecule is COc1ccccc1[C@H](C)NC(=O)/C=C/c1ccco1. The van der Waals surface area contributed by atoms with Crippen molar-refractivity contribution in [3.8, 4) is 5.75 Å². The van der Waals surface area contributed by atoms with Gasteiger partial charge in [0.1, 0.15) is 11.5 Å². The van der Waals surface area contributed by atoms with Gasteiger partial charge in [0, 0.05) is 11.6 Å². The average Bonchev–Trinajstić information content (AvgIpc) is 2.98. The van der Waals surface area contributed by atoms with Crippen LogP contribution >= 0.6 is 0 Å². The number of rotatable bonds is 5. The Morgan fingerprint density at radius 1 is 1.30 bits per heavy atom. The summed E-state index contributed by atoms with van der Waals surface area (Å²) in [5, 5.41) is 2.89. The van der Waals surface area contributed by atoms with Gasteiger partial charge in [0.25, 0.3) is 0 Å². The van der Waals surface area contributed by atoms with E-state index in [9.17, 15) is 4.79 Å². The molecule has 1 aromatic carbocycles. The second kappa shape index (κ2) is 6.61. The molecule has 0 unspecified atom stereocenters. The van der Waals surface area contributed by atoms with Crippen LogP contribution in [-0.4, -0.2) is 13.0 Å². The summed E-state index contributed by atoms with van der Waals surface area (Å²) in [4.78, 5) is 11.8. The molecule has 0 radical (unpaired) electrons. The van der Waals surface area contributed by atoms with Crippen LogP contribution < -0.4 is 10.1 Å². The topological polar surface area (TPSA) is 51.5 Å². The van der Waals surface area contributed by atoms with E-state index in [4.69, 9.17) is 9.15 Å². The van der Waals surface area contributed by atoms with Gasteiger partial charge in [-0.3, -0.25) is 4.79 Å². The van der Waals surface area contributed by atoms with Crippen molar-refractivity contribution in [2.24, 2.45) is 0 Å². The number of methoxy groups -OCH3 is 1. The first kappa shape index (κ1) is 13.9. The molecular formula is C16H17NO3. The lowest BCUT2D eigenvalue weighted by Gasteiger charge is -2.16. The van der Waals surface area contributed by atoms with Crippen molar-refractivity contribution >= 4 is 12.0 Å². The highest BCUT2D eigenvalue weighted by atomic mass is 16.5. The fourth-order valence-electron chi connectivity index (χ4n) is 1.91. The Labute approximate surface area is 118 Å². The minimum atomic E-state index is -0.181. The molecule has 0 aliphatic heterocycles. The molecular weight excluding hydrogens is 254 g/mol. The van der Waals surface area contributed by atoms with Crippen LogP contribution in [0.25, 0.3) is 6.08 Å². The maximum Gasteiger partial charge on any atom is 0.244 e. The van der Waals surface area contributed by atoms with E-state index in [2.05, 4.69) is 5.32 Å². The highest BCUT2D eigenvalue weighted by molar-refractivity contribution is 5.91. The summed E-state index contributed by atoms with van der Waals surface area (Å²) in [6.07, 6.45) is 4.64. The Balaban J connectivity index is 2.00. The van der Waals surface area contributed by atoms with Crippen molar-refractivity contribution in [1.82, 2.24) is 5.32 Å². The third kappa shape index (κ3) is 3.51. The zero-order valence-corrected chi connectivity index (χ0v) is 11.5. The van der Waals surface area contributed by atoms with E-state index < -0.39 is 0 Å². The van der Waals surface area contributed by atoms with Gasteiger partial charge in [-0.1, -0.05) is 18.2 Å². The van der Waals surface area contributed by atoms with Gasteiger partial charge in [0.2, 0.25) is 5.91 Å². The minimum absolute atomic E-state index is 0.139. The highest BCUT2D eigenvalue weighted by Gasteiger charge is 2.11. The minimum Gasteiger partial charge on any atom is -0.496 e. The summed E-state index contributed by atoms with van der Waals surface area (Å²) in [7, 11) is 1.62. The molecule has 2 aromatic rings. The Bertz CT molecular complexity index is 588. The van der Waals surface area contributed by atoms with Gasteiger partial charge in [-0.2, -0.15) is 0 Å². The van der Waals surface area contributed by atoms with Crippen LogP contribution in [0.5, 0.6) is 5.75 Å².